The van der Waals surface area contributed by atoms with Gasteiger partial charge in [0.1, 0.15) is 17.6 Å². The van der Waals surface area contributed by atoms with Gasteiger partial charge in [0.05, 0.1) is 12.8 Å². The highest BCUT2D eigenvalue weighted by atomic mass is 19.1. The summed E-state index contributed by atoms with van der Waals surface area (Å²) in [6, 6.07) is 12.7. The molecule has 2 amide bonds. The van der Waals surface area contributed by atoms with Crippen LogP contribution in [0.4, 0.5) is 14.9 Å². The Morgan fingerprint density at radius 2 is 2.10 bits per heavy atom. The smallest absolute Gasteiger partial charge is 0.322 e. The first kappa shape index (κ1) is 18.9. The summed E-state index contributed by atoms with van der Waals surface area (Å²) in [6.45, 7) is 0.530. The number of amides is 2. The second-order valence-electron chi connectivity index (χ2n) is 6.80. The van der Waals surface area contributed by atoms with Gasteiger partial charge < -0.3 is 19.5 Å². The van der Waals surface area contributed by atoms with Crippen LogP contribution in [0.2, 0.25) is 0 Å². The predicted molar refractivity (Wildman–Crippen MR) is 105 cm³/mol. The first-order valence-electron chi connectivity index (χ1n) is 9.46. The lowest BCUT2D eigenvalue weighted by atomic mass is 10.0. The molecule has 1 atom stereocenters. The fourth-order valence-electron chi connectivity index (χ4n) is 3.43. The lowest BCUT2D eigenvalue weighted by Gasteiger charge is -2.33. The maximum absolute atomic E-state index is 13.9. The Balaban J connectivity index is 1.55. The minimum Gasteiger partial charge on any atom is -0.497 e. The third kappa shape index (κ3) is 4.06. The van der Waals surface area contributed by atoms with Gasteiger partial charge in [-0.3, -0.25) is 0 Å². The number of anilines is 1. The number of piperidine rings is 1. The molecule has 150 valence electrons. The number of carbonyl (C=O) groups excluding carboxylic acids is 1. The number of para-hydroxylation sites is 1. The summed E-state index contributed by atoms with van der Waals surface area (Å²) in [6.07, 6.45) is 2.49. The van der Waals surface area contributed by atoms with Gasteiger partial charge in [-0.1, -0.05) is 29.4 Å². The molecule has 1 N–H and O–H groups in total. The number of hydrogen-bond acceptors (Lipinski definition) is 5. The van der Waals surface area contributed by atoms with Crippen LogP contribution in [-0.2, 0) is 0 Å². The largest absolute Gasteiger partial charge is 0.497 e. The van der Waals surface area contributed by atoms with Crippen LogP contribution in [0, 0.1) is 5.82 Å². The number of nitrogens with one attached hydrogen (secondary N) is 1. The third-order valence-corrected chi connectivity index (χ3v) is 4.93. The number of nitrogens with zero attached hydrogens (tertiary/aromatic N) is 3. The lowest BCUT2D eigenvalue weighted by molar-refractivity contribution is 0.142. The Morgan fingerprint density at radius 1 is 1.24 bits per heavy atom. The zero-order valence-electron chi connectivity index (χ0n) is 16.0. The maximum atomic E-state index is 13.9. The number of halogens is 1. The monoisotopic (exact) mass is 396 g/mol. The van der Waals surface area contributed by atoms with Crippen LogP contribution in [0.3, 0.4) is 0 Å². The first-order valence-corrected chi connectivity index (χ1v) is 9.46. The zero-order chi connectivity index (χ0) is 20.2. The van der Waals surface area contributed by atoms with Gasteiger partial charge in [0.2, 0.25) is 11.7 Å². The molecule has 2 heterocycles. The summed E-state index contributed by atoms with van der Waals surface area (Å²) >= 11 is 0. The second kappa shape index (κ2) is 8.30. The van der Waals surface area contributed by atoms with Crippen LogP contribution in [0.25, 0.3) is 11.4 Å². The standard InChI is InChI=1S/C21H21FN4O3/c1-28-15-8-6-7-14(13-15)19-24-20(29-25-19)18-11-4-5-12-26(18)21(27)23-17-10-3-2-9-16(17)22/h2-3,6-10,13,18H,4-5,11-12H2,1H3,(H,23,27)/t18-/m0/s1. The molecule has 0 bridgehead atoms. The van der Waals surface area contributed by atoms with Crippen LogP contribution in [-0.4, -0.2) is 34.7 Å². The normalized spacial score (nSPS) is 16.5. The molecule has 2 aromatic carbocycles. The Morgan fingerprint density at radius 3 is 2.93 bits per heavy atom. The van der Waals surface area contributed by atoms with Crippen molar-refractivity contribution in [3.63, 3.8) is 0 Å². The van der Waals surface area contributed by atoms with Gasteiger partial charge in [-0.15, -0.1) is 0 Å². The number of aromatic nitrogens is 2. The fourth-order valence-corrected chi connectivity index (χ4v) is 3.43. The van der Waals surface area contributed by atoms with Crippen LogP contribution >= 0.6 is 0 Å². The molecule has 1 aliphatic rings. The number of hydrogen-bond donors (Lipinski definition) is 1. The molecule has 0 spiro atoms. The molecule has 1 aliphatic heterocycles. The van der Waals surface area contributed by atoms with Gasteiger partial charge in [0.25, 0.3) is 0 Å². The molecular formula is C21H21FN4O3. The maximum Gasteiger partial charge on any atom is 0.322 e. The molecule has 8 heteroatoms. The molecule has 0 radical (unpaired) electrons. The van der Waals surface area contributed by atoms with Gasteiger partial charge in [0.15, 0.2) is 0 Å². The average molecular weight is 396 g/mol. The van der Waals surface area contributed by atoms with Crippen molar-refractivity contribution < 1.29 is 18.4 Å². The second-order valence-corrected chi connectivity index (χ2v) is 6.80. The van der Waals surface area contributed by atoms with Gasteiger partial charge in [0, 0.05) is 12.1 Å². The van der Waals surface area contributed by atoms with Gasteiger partial charge in [-0.2, -0.15) is 4.98 Å². The van der Waals surface area contributed by atoms with Crippen molar-refractivity contribution in [2.24, 2.45) is 0 Å². The number of ether oxygens (including phenoxy) is 1. The summed E-state index contributed by atoms with van der Waals surface area (Å²) in [5.74, 6) is 1.01. The quantitative estimate of drug-likeness (QED) is 0.695. The van der Waals surface area contributed by atoms with E-state index < -0.39 is 5.82 Å². The average Bonchev–Trinajstić information content (AvgIpc) is 3.25. The summed E-state index contributed by atoms with van der Waals surface area (Å²) in [4.78, 5) is 18.9. The van der Waals surface area contributed by atoms with Crippen molar-refractivity contribution in [2.45, 2.75) is 25.3 Å². The van der Waals surface area contributed by atoms with E-state index in [1.165, 1.54) is 12.1 Å². The topological polar surface area (TPSA) is 80.5 Å². The van der Waals surface area contributed by atoms with Crippen LogP contribution in [0.1, 0.15) is 31.2 Å². The van der Waals surface area contributed by atoms with E-state index >= 15 is 0 Å². The Bertz CT molecular complexity index is 1010. The molecule has 1 saturated heterocycles. The molecule has 0 aliphatic carbocycles. The van der Waals surface area contributed by atoms with Crippen molar-refractivity contribution in [3.05, 3.63) is 60.2 Å². The number of methoxy groups -OCH3 is 1. The number of carbonyl (C=O) groups is 1. The van der Waals surface area contributed by atoms with Gasteiger partial charge in [-0.25, -0.2) is 9.18 Å². The molecule has 1 fully saturated rings. The number of rotatable bonds is 4. The Labute approximate surface area is 167 Å². The molecule has 0 saturated carbocycles. The summed E-state index contributed by atoms with van der Waals surface area (Å²) in [5.41, 5.74) is 0.905. The highest BCUT2D eigenvalue weighted by Gasteiger charge is 2.32. The molecule has 0 unspecified atom stereocenters. The Kier molecular flexibility index (Phi) is 5.41. The van der Waals surface area contributed by atoms with Crippen molar-refractivity contribution in [2.75, 3.05) is 19.0 Å². The number of likely N-dealkylation sites (tertiary alicyclic amines) is 1. The van der Waals surface area contributed by atoms with E-state index in [2.05, 4.69) is 15.5 Å². The lowest BCUT2D eigenvalue weighted by Crippen LogP contribution is -2.41. The van der Waals surface area contributed by atoms with Gasteiger partial charge >= 0.3 is 6.03 Å². The summed E-state index contributed by atoms with van der Waals surface area (Å²) < 4.78 is 24.6. The van der Waals surface area contributed by atoms with Crippen molar-refractivity contribution in [1.29, 1.82) is 0 Å². The SMILES string of the molecule is COc1cccc(-c2noc([C@@H]3CCCCN3C(=O)Nc3ccccc3F)n2)c1. The molecule has 4 rings (SSSR count). The first-order chi connectivity index (χ1) is 14.2. The number of benzene rings is 2. The summed E-state index contributed by atoms with van der Waals surface area (Å²) in [5, 5.41) is 6.71. The highest BCUT2D eigenvalue weighted by molar-refractivity contribution is 5.89. The predicted octanol–water partition coefficient (Wildman–Crippen LogP) is 4.64. The van der Waals surface area contributed by atoms with E-state index in [1.807, 2.05) is 24.3 Å². The van der Waals surface area contributed by atoms with Gasteiger partial charge in [-0.05, 0) is 43.5 Å². The van der Waals surface area contributed by atoms with Crippen LogP contribution < -0.4 is 10.1 Å². The zero-order valence-corrected chi connectivity index (χ0v) is 16.0. The molecular weight excluding hydrogens is 375 g/mol. The van der Waals surface area contributed by atoms with E-state index in [0.29, 0.717) is 30.4 Å². The fraction of sp³-hybridized carbons (Fsp3) is 0.286. The van der Waals surface area contributed by atoms with E-state index in [4.69, 9.17) is 9.26 Å². The van der Waals surface area contributed by atoms with Crippen molar-refractivity contribution in [1.82, 2.24) is 15.0 Å². The molecule has 1 aromatic heterocycles. The molecule has 7 nitrogen and oxygen atoms in total. The summed E-state index contributed by atoms with van der Waals surface area (Å²) in [7, 11) is 1.59. The van der Waals surface area contributed by atoms with E-state index in [1.54, 1.807) is 24.1 Å². The highest BCUT2D eigenvalue weighted by Crippen LogP contribution is 2.32. The number of urea groups is 1. The molecule has 3 aromatic rings. The minimum absolute atomic E-state index is 0.143. The third-order valence-electron chi connectivity index (χ3n) is 4.93. The minimum atomic E-state index is -0.479. The van der Waals surface area contributed by atoms with Crippen LogP contribution in [0.5, 0.6) is 5.75 Å². The van der Waals surface area contributed by atoms with E-state index in [0.717, 1.165) is 18.4 Å². The Hall–Kier alpha value is -3.42. The van der Waals surface area contributed by atoms with E-state index in [9.17, 15) is 9.18 Å². The van der Waals surface area contributed by atoms with Crippen molar-refractivity contribution >= 4 is 11.7 Å². The van der Waals surface area contributed by atoms with E-state index in [-0.39, 0.29) is 17.8 Å². The molecule has 29 heavy (non-hydrogen) atoms. The van der Waals surface area contributed by atoms with Crippen LogP contribution in [0.15, 0.2) is 53.1 Å². The van der Waals surface area contributed by atoms with Crippen molar-refractivity contribution in [3.8, 4) is 17.1 Å².